The number of benzene rings is 9. The lowest BCUT2D eigenvalue weighted by atomic mass is 9.66. The molecule has 0 fully saturated rings. The molecule has 0 amide bonds. The summed E-state index contributed by atoms with van der Waals surface area (Å²) in [5, 5.41) is 1.96. The summed E-state index contributed by atoms with van der Waals surface area (Å²) in [6.07, 6.45) is 0. The van der Waals surface area contributed by atoms with Crippen molar-refractivity contribution in [1.82, 2.24) is 4.57 Å². The molecule has 268 valence electrons. The summed E-state index contributed by atoms with van der Waals surface area (Å²) in [5.41, 5.74) is 11.3. The molecule has 1 atom stereocenters. The second-order valence-corrected chi connectivity index (χ2v) is 14.5. The van der Waals surface area contributed by atoms with E-state index in [1.807, 2.05) is 72.8 Å². The van der Waals surface area contributed by atoms with Crippen LogP contribution in [0.5, 0.6) is 0 Å². The molecule has 11 rings (SSSR count). The van der Waals surface area contributed by atoms with Crippen molar-refractivity contribution >= 4 is 38.9 Å². The Bertz CT molecular complexity index is 3340. The maximum atomic E-state index is 9.72. The van der Waals surface area contributed by atoms with Gasteiger partial charge in [0.25, 0.3) is 0 Å². The normalized spacial score (nSPS) is 15.6. The van der Waals surface area contributed by atoms with E-state index in [1.54, 1.807) is 0 Å². The Kier molecular flexibility index (Phi) is 6.60. The average molecular weight is 732 g/mol. The van der Waals surface area contributed by atoms with Gasteiger partial charge >= 0.3 is 0 Å². The Morgan fingerprint density at radius 2 is 1.05 bits per heavy atom. The molecule has 0 N–H and O–H groups in total. The fraction of sp³-hybridized carbons (Fsp3) is 0.0182. The lowest BCUT2D eigenvalue weighted by molar-refractivity contribution is 0.777. The molecule has 0 bridgehead atoms. The van der Waals surface area contributed by atoms with Gasteiger partial charge in [-0.1, -0.05) is 176 Å². The lowest BCUT2D eigenvalue weighted by Crippen LogP contribution is -2.29. The van der Waals surface area contributed by atoms with E-state index in [1.165, 1.54) is 0 Å². The predicted octanol–water partition coefficient (Wildman–Crippen LogP) is 14.3. The van der Waals surface area contributed by atoms with Crippen LogP contribution in [0.2, 0.25) is 0 Å². The van der Waals surface area contributed by atoms with E-state index in [0.29, 0.717) is 0 Å². The van der Waals surface area contributed by atoms with Crippen molar-refractivity contribution in [3.05, 3.63) is 253 Å². The van der Waals surface area contributed by atoms with Crippen molar-refractivity contribution in [2.24, 2.45) is 0 Å². The van der Waals surface area contributed by atoms with Crippen LogP contribution in [0.15, 0.2) is 230 Å². The van der Waals surface area contributed by atoms with Crippen LogP contribution in [-0.4, -0.2) is 4.57 Å². The Morgan fingerprint density at radius 3 is 1.86 bits per heavy atom. The second kappa shape index (κ2) is 13.4. The third kappa shape index (κ3) is 5.04. The van der Waals surface area contributed by atoms with E-state index >= 15 is 0 Å². The van der Waals surface area contributed by atoms with Crippen molar-refractivity contribution in [2.45, 2.75) is 5.41 Å². The summed E-state index contributed by atoms with van der Waals surface area (Å²) in [4.78, 5) is 2.28. The smallest absolute Gasteiger partial charge is 0.0720 e. The highest BCUT2D eigenvalue weighted by molar-refractivity contribution is 6.12. The predicted molar refractivity (Wildman–Crippen MR) is 238 cm³/mol. The summed E-state index contributed by atoms with van der Waals surface area (Å²) in [6, 6.07) is 67.1. The molecule has 2 heteroatoms. The second-order valence-electron chi connectivity index (χ2n) is 14.5. The first-order chi connectivity index (χ1) is 30.4. The van der Waals surface area contributed by atoms with Gasteiger partial charge in [0.15, 0.2) is 0 Å². The van der Waals surface area contributed by atoms with Gasteiger partial charge in [0, 0.05) is 33.4 Å². The summed E-state index contributed by atoms with van der Waals surface area (Å²) in [6.45, 7) is 0. The van der Waals surface area contributed by atoms with Crippen LogP contribution >= 0.6 is 0 Å². The SMILES string of the molecule is [2H]c1c([2H])c([2H])c(C2(c3cccc4c3c3ccccc3n4-c3ccccc3)c3ccccc3-c3cc(N(c4ccccc4)c4ccccc4-c4ccccc4)ccc32)c([2H])c1[2H]. The quantitative estimate of drug-likeness (QED) is 0.158. The van der Waals surface area contributed by atoms with Crippen LogP contribution in [0.4, 0.5) is 17.1 Å². The van der Waals surface area contributed by atoms with Crippen molar-refractivity contribution in [1.29, 1.82) is 0 Å². The molecule has 0 radical (unpaired) electrons. The van der Waals surface area contributed by atoms with Crippen molar-refractivity contribution in [2.75, 3.05) is 4.90 Å². The van der Waals surface area contributed by atoms with Gasteiger partial charge in [-0.2, -0.15) is 0 Å². The van der Waals surface area contributed by atoms with Crippen LogP contribution in [0.25, 0.3) is 49.7 Å². The zero-order valence-corrected chi connectivity index (χ0v) is 30.9. The average Bonchev–Trinajstić information content (AvgIpc) is 3.82. The number of rotatable bonds is 7. The molecule has 1 heterocycles. The molecule has 1 aliphatic rings. The van der Waals surface area contributed by atoms with Gasteiger partial charge in [-0.05, 0) is 93.5 Å². The fourth-order valence-electron chi connectivity index (χ4n) is 9.26. The number of hydrogen-bond donors (Lipinski definition) is 0. The van der Waals surface area contributed by atoms with Gasteiger partial charge in [0.05, 0.1) is 29.0 Å². The van der Waals surface area contributed by atoms with E-state index in [-0.39, 0.29) is 29.7 Å². The van der Waals surface area contributed by atoms with E-state index < -0.39 is 11.5 Å². The van der Waals surface area contributed by atoms with Gasteiger partial charge < -0.3 is 9.47 Å². The number of fused-ring (bicyclic) bond motifs is 6. The van der Waals surface area contributed by atoms with Gasteiger partial charge in [0.2, 0.25) is 0 Å². The number of hydrogen-bond acceptors (Lipinski definition) is 1. The first kappa shape index (κ1) is 28.1. The molecule has 1 aromatic heterocycles. The molecule has 0 aliphatic heterocycles. The van der Waals surface area contributed by atoms with Crippen LogP contribution in [0, 0.1) is 0 Å². The van der Waals surface area contributed by atoms with Crippen molar-refractivity contribution in [3.63, 3.8) is 0 Å². The molecule has 0 saturated heterocycles. The maximum Gasteiger partial charge on any atom is 0.0720 e. The highest BCUT2D eigenvalue weighted by Crippen LogP contribution is 2.59. The van der Waals surface area contributed by atoms with Gasteiger partial charge in [-0.15, -0.1) is 0 Å². The minimum absolute atomic E-state index is 0.223. The van der Waals surface area contributed by atoms with Crippen LogP contribution in [0.1, 0.15) is 29.1 Å². The zero-order valence-electron chi connectivity index (χ0n) is 35.9. The topological polar surface area (TPSA) is 8.17 Å². The Morgan fingerprint density at radius 1 is 0.439 bits per heavy atom. The number of aromatic nitrogens is 1. The molecule has 0 saturated carbocycles. The van der Waals surface area contributed by atoms with Crippen LogP contribution in [-0.2, 0) is 5.41 Å². The molecule has 57 heavy (non-hydrogen) atoms. The van der Waals surface area contributed by atoms with Crippen LogP contribution < -0.4 is 4.90 Å². The molecule has 2 nitrogen and oxygen atoms in total. The molecule has 1 unspecified atom stereocenters. The lowest BCUT2D eigenvalue weighted by Gasteiger charge is -2.35. The fourth-order valence-corrected chi connectivity index (χ4v) is 9.26. The molecule has 9 aromatic carbocycles. The Balaban J connectivity index is 1.27. The highest BCUT2D eigenvalue weighted by atomic mass is 15.1. The monoisotopic (exact) mass is 731 g/mol. The van der Waals surface area contributed by atoms with Crippen molar-refractivity contribution < 1.29 is 6.85 Å². The first-order valence-electron chi connectivity index (χ1n) is 21.8. The molecular weight excluding hydrogens is 689 g/mol. The van der Waals surface area contributed by atoms with Crippen LogP contribution in [0.3, 0.4) is 0 Å². The number of nitrogens with zero attached hydrogens (tertiary/aromatic N) is 2. The zero-order chi connectivity index (χ0) is 42.1. The Labute approximate surface area is 340 Å². The highest BCUT2D eigenvalue weighted by Gasteiger charge is 2.47. The molecule has 0 spiro atoms. The Hall–Kier alpha value is -7.42. The van der Waals surface area contributed by atoms with Gasteiger partial charge in [-0.25, -0.2) is 0 Å². The maximum absolute atomic E-state index is 9.72. The standard InChI is InChI=1S/C55H38N2/c1-5-20-39(21-6-1)44-28-14-17-33-51(44)56(41-24-9-3-10-25-41)43-36-37-49-47(38-43)45-29-13-16-31-48(45)55(49,40-22-7-2-8-23-40)50-32-19-35-53-54(50)46-30-15-18-34-52(46)57(53)42-26-11-4-12-27-42/h1-38H/i2D,7D,8D,22D,23D. The summed E-state index contributed by atoms with van der Waals surface area (Å²) in [7, 11) is 0. The van der Waals surface area contributed by atoms with E-state index in [0.717, 1.165) is 83.5 Å². The number of anilines is 3. The summed E-state index contributed by atoms with van der Waals surface area (Å²) in [5.74, 6) is 0. The van der Waals surface area contributed by atoms with E-state index in [4.69, 9.17) is 4.11 Å². The minimum atomic E-state index is -1.33. The summed E-state index contributed by atoms with van der Waals surface area (Å²) < 4.78 is 48.6. The number of para-hydroxylation sites is 4. The molecule has 1 aliphatic carbocycles. The molecular formula is C55H38N2. The van der Waals surface area contributed by atoms with Gasteiger partial charge in [0.1, 0.15) is 0 Å². The van der Waals surface area contributed by atoms with Gasteiger partial charge in [-0.3, -0.25) is 0 Å². The third-order valence-corrected chi connectivity index (χ3v) is 11.5. The van der Waals surface area contributed by atoms with Crippen molar-refractivity contribution in [3.8, 4) is 27.9 Å². The minimum Gasteiger partial charge on any atom is -0.310 e. The van der Waals surface area contributed by atoms with E-state index in [9.17, 15) is 2.74 Å². The third-order valence-electron chi connectivity index (χ3n) is 11.5. The first-order valence-corrected chi connectivity index (χ1v) is 19.3. The van der Waals surface area contributed by atoms with E-state index in [2.05, 4.69) is 137 Å². The molecule has 10 aromatic rings. The largest absolute Gasteiger partial charge is 0.310 e. The summed E-state index contributed by atoms with van der Waals surface area (Å²) >= 11 is 0.